The molecule has 1 aliphatic heterocycles. The molecule has 0 bridgehead atoms. The van der Waals surface area contributed by atoms with Crippen molar-refractivity contribution in [3.8, 4) is 17.6 Å². The maximum Gasteiger partial charge on any atom is 0.530 e. The Bertz CT molecular complexity index is 1300. The first-order chi connectivity index (χ1) is 17.9. The van der Waals surface area contributed by atoms with Crippen LogP contribution in [0.2, 0.25) is 0 Å². The number of anilines is 1. The maximum atomic E-state index is 13.6. The molecule has 5 N–H and O–H groups in total. The van der Waals surface area contributed by atoms with E-state index in [0.29, 0.717) is 0 Å². The highest BCUT2D eigenvalue weighted by Gasteiger charge is 2.55. The number of hydrogen-bond donors (Lipinski definition) is 3. The van der Waals surface area contributed by atoms with Crippen LogP contribution in [0.3, 0.4) is 0 Å². The Labute approximate surface area is 218 Å². The highest BCUT2D eigenvalue weighted by Crippen LogP contribution is 2.51. The summed E-state index contributed by atoms with van der Waals surface area (Å²) in [5.74, 6) is 4.32. The molecule has 0 spiro atoms. The highest BCUT2D eigenvalue weighted by molar-refractivity contribution is 7.49. The zero-order chi connectivity index (χ0) is 28.1. The van der Waals surface area contributed by atoms with Gasteiger partial charge in [-0.2, -0.15) is 4.98 Å². The summed E-state index contributed by atoms with van der Waals surface area (Å²) in [6.07, 6.45) is -4.90. The summed E-state index contributed by atoms with van der Waals surface area (Å²) in [6, 6.07) is 7.97. The van der Waals surface area contributed by atoms with Crippen molar-refractivity contribution in [3.63, 3.8) is 0 Å². The first-order valence-electron chi connectivity index (χ1n) is 11.5. The lowest BCUT2D eigenvalue weighted by Crippen LogP contribution is -2.55. The molecule has 1 aliphatic rings. The van der Waals surface area contributed by atoms with Crippen LogP contribution in [-0.4, -0.2) is 62.2 Å². The van der Waals surface area contributed by atoms with E-state index in [-0.39, 0.29) is 11.7 Å². The second-order valence-electron chi connectivity index (χ2n) is 8.56. The van der Waals surface area contributed by atoms with E-state index in [4.69, 9.17) is 34.5 Å². The number of aliphatic hydroxyl groups is 1. The maximum absolute atomic E-state index is 13.6. The molecule has 0 radical (unpaired) electrons. The molecule has 3 unspecified atom stereocenters. The van der Waals surface area contributed by atoms with Crippen LogP contribution in [-0.2, 0) is 27.9 Å². The third-order valence-electron chi connectivity index (χ3n) is 5.22. The van der Waals surface area contributed by atoms with Crippen molar-refractivity contribution in [2.24, 2.45) is 5.73 Å². The Balaban J connectivity index is 1.86. The van der Waals surface area contributed by atoms with Crippen molar-refractivity contribution in [1.29, 1.82) is 0 Å². The topological polar surface area (TPSA) is 200 Å². The molecular formula is C23H30N5O9P. The molecule has 15 heteroatoms. The Morgan fingerprint density at radius 3 is 2.61 bits per heavy atom. The minimum atomic E-state index is -4.52. The lowest BCUT2D eigenvalue weighted by molar-refractivity contribution is -0.156. The van der Waals surface area contributed by atoms with Crippen molar-refractivity contribution in [2.75, 3.05) is 12.3 Å². The van der Waals surface area contributed by atoms with Crippen molar-refractivity contribution in [3.05, 3.63) is 47.1 Å². The number of phosphoric ester groups is 1. The second-order valence-corrected chi connectivity index (χ2v) is 10.1. The smallest absolute Gasteiger partial charge is 0.461 e. The number of nitrogens with zero attached hydrogens (tertiary/aromatic N) is 3. The van der Waals surface area contributed by atoms with Gasteiger partial charge in [-0.15, -0.1) is 5.92 Å². The molecule has 1 fully saturated rings. The monoisotopic (exact) mass is 551 g/mol. The van der Waals surface area contributed by atoms with Crippen molar-refractivity contribution in [2.45, 2.75) is 63.9 Å². The van der Waals surface area contributed by atoms with E-state index in [1.807, 2.05) is 0 Å². The lowest BCUT2D eigenvalue weighted by Gasteiger charge is -2.27. The van der Waals surface area contributed by atoms with E-state index >= 15 is 0 Å². The molecule has 2 aromatic rings. The van der Waals surface area contributed by atoms with Crippen LogP contribution in [0.4, 0.5) is 5.95 Å². The van der Waals surface area contributed by atoms with Crippen molar-refractivity contribution >= 4 is 19.7 Å². The largest absolute Gasteiger partial charge is 0.530 e. The van der Waals surface area contributed by atoms with Crippen molar-refractivity contribution in [1.82, 2.24) is 14.5 Å². The number of ether oxygens (including phenoxy) is 2. The Morgan fingerprint density at radius 2 is 2.00 bits per heavy atom. The summed E-state index contributed by atoms with van der Waals surface area (Å²) in [4.78, 5) is 32.0. The Hall–Kier alpha value is -3.31. The summed E-state index contributed by atoms with van der Waals surface area (Å²) >= 11 is 0. The molecule has 1 saturated heterocycles. The van der Waals surface area contributed by atoms with Crippen LogP contribution in [0.1, 0.15) is 33.9 Å². The summed E-state index contributed by atoms with van der Waals surface area (Å²) in [6.45, 7) is 5.50. The van der Waals surface area contributed by atoms with E-state index < -0.39 is 62.3 Å². The average Bonchev–Trinajstić information content (AvgIpc) is 3.08. The third kappa shape index (κ3) is 6.76. The number of aliphatic hydroxyl groups excluding tert-OH is 1. The SMILES string of the molecule is CC#CC1(N)C(O)[C@@H](CO[P@](=O)(Oc2ccccc2)O[C@@H](C)C(=O)OC(C)C)OC1n1cnc(N)nc1=O. The quantitative estimate of drug-likeness (QED) is 0.212. The highest BCUT2D eigenvalue weighted by atomic mass is 31.2. The number of hydrogen-bond acceptors (Lipinski definition) is 13. The molecule has 3 rings (SSSR count). The van der Waals surface area contributed by atoms with Crippen molar-refractivity contribution < 1.29 is 37.5 Å². The van der Waals surface area contributed by atoms with Gasteiger partial charge in [0, 0.05) is 0 Å². The van der Waals surface area contributed by atoms with Gasteiger partial charge in [-0.1, -0.05) is 24.1 Å². The van der Waals surface area contributed by atoms with Crippen LogP contribution in [0.25, 0.3) is 0 Å². The van der Waals surface area contributed by atoms with Gasteiger partial charge in [0.05, 0.1) is 12.7 Å². The Kier molecular flexibility index (Phi) is 9.26. The number of benzene rings is 1. The van der Waals surface area contributed by atoms with Gasteiger partial charge in [0.25, 0.3) is 0 Å². The fraction of sp³-hybridized carbons (Fsp3) is 0.478. The summed E-state index contributed by atoms with van der Waals surface area (Å²) < 4.78 is 41.8. The first kappa shape index (κ1) is 29.2. The number of carbonyl (C=O) groups excluding carboxylic acids is 1. The molecule has 38 heavy (non-hydrogen) atoms. The van der Waals surface area contributed by atoms with Gasteiger partial charge < -0.3 is 30.6 Å². The molecule has 2 heterocycles. The van der Waals surface area contributed by atoms with E-state index in [2.05, 4.69) is 21.8 Å². The summed E-state index contributed by atoms with van der Waals surface area (Å²) in [7, 11) is -4.52. The van der Waals surface area contributed by atoms with Gasteiger partial charge >= 0.3 is 19.5 Å². The zero-order valence-corrected chi connectivity index (χ0v) is 22.1. The molecule has 0 amide bonds. The number of para-hydroxylation sites is 1. The van der Waals surface area contributed by atoms with Gasteiger partial charge in [0.1, 0.15) is 24.3 Å². The number of aromatic nitrogens is 3. The van der Waals surface area contributed by atoms with Gasteiger partial charge in [-0.25, -0.2) is 19.1 Å². The summed E-state index contributed by atoms with van der Waals surface area (Å²) in [5, 5.41) is 11.0. The number of nitrogen functional groups attached to an aromatic ring is 1. The fourth-order valence-corrected chi connectivity index (χ4v) is 4.86. The normalized spacial score (nSPS) is 25.2. The number of carbonyl (C=O) groups is 1. The van der Waals surface area contributed by atoms with Crippen LogP contribution in [0.15, 0.2) is 41.5 Å². The van der Waals surface area contributed by atoms with E-state index in [1.54, 1.807) is 32.0 Å². The van der Waals surface area contributed by atoms with Gasteiger partial charge in [0.2, 0.25) is 5.95 Å². The van der Waals surface area contributed by atoms with Crippen LogP contribution in [0.5, 0.6) is 5.75 Å². The molecule has 1 aromatic heterocycles. The molecule has 0 aliphatic carbocycles. The summed E-state index contributed by atoms with van der Waals surface area (Å²) in [5.41, 5.74) is 9.17. The molecule has 14 nitrogen and oxygen atoms in total. The average molecular weight is 551 g/mol. The van der Waals surface area contributed by atoms with E-state index in [1.165, 1.54) is 26.0 Å². The third-order valence-corrected chi connectivity index (χ3v) is 6.70. The van der Waals surface area contributed by atoms with Crippen LogP contribution >= 0.6 is 7.82 Å². The number of rotatable bonds is 10. The second kappa shape index (κ2) is 12.0. The van der Waals surface area contributed by atoms with E-state index in [9.17, 15) is 19.3 Å². The molecule has 6 atom stereocenters. The first-order valence-corrected chi connectivity index (χ1v) is 13.0. The number of nitrogens with two attached hydrogens (primary N) is 2. The minimum absolute atomic E-state index is 0.127. The standard InChI is InChI=1S/C23H30N5O9P/c1-5-11-23(25)18(29)17(35-20(23)28-13-26-21(24)27-22(28)31)12-33-38(32,37-16-9-7-6-8-10-16)36-15(4)19(30)34-14(2)3/h6-10,13-15,17-18,20,29H,12,25H2,1-4H3,(H2,24,27,31)/t15-,17+,18?,20?,23?,38-/m0/s1. The van der Waals surface area contributed by atoms with Gasteiger partial charge in [-0.05, 0) is 39.8 Å². The molecular weight excluding hydrogens is 521 g/mol. The van der Waals surface area contributed by atoms with Gasteiger partial charge in [0.15, 0.2) is 17.9 Å². The fourth-order valence-electron chi connectivity index (χ4n) is 3.52. The minimum Gasteiger partial charge on any atom is -0.461 e. The molecule has 1 aromatic carbocycles. The van der Waals surface area contributed by atoms with Crippen LogP contribution < -0.4 is 21.7 Å². The van der Waals surface area contributed by atoms with Crippen LogP contribution in [0, 0.1) is 11.8 Å². The number of phosphoric acid groups is 1. The van der Waals surface area contributed by atoms with E-state index in [0.717, 1.165) is 10.9 Å². The molecule has 0 saturated carbocycles. The lowest BCUT2D eigenvalue weighted by atomic mass is 9.91. The van der Waals surface area contributed by atoms with Gasteiger partial charge in [-0.3, -0.25) is 13.6 Å². The predicted octanol–water partition coefficient (Wildman–Crippen LogP) is 0.760. The molecule has 206 valence electrons. The predicted molar refractivity (Wildman–Crippen MR) is 133 cm³/mol. The zero-order valence-electron chi connectivity index (χ0n) is 21.2. The number of esters is 1. The Morgan fingerprint density at radius 1 is 1.32 bits per heavy atom.